The van der Waals surface area contributed by atoms with Crippen molar-refractivity contribution in [2.45, 2.75) is 51.6 Å². The second-order valence-corrected chi connectivity index (χ2v) is 6.81. The van der Waals surface area contributed by atoms with Gasteiger partial charge in [-0.2, -0.15) is 5.10 Å². The smallest absolute Gasteiger partial charge is 0.260 e. The number of sulfonamides is 1. The SMILES string of the molecule is Cc1[nH]nc(S(=O)(=O)NCCCCC(C)C)c1CN. The first-order chi connectivity index (χ1) is 8.88. The van der Waals surface area contributed by atoms with Crippen molar-refractivity contribution in [1.29, 1.82) is 0 Å². The van der Waals surface area contributed by atoms with E-state index in [1.54, 1.807) is 6.92 Å². The summed E-state index contributed by atoms with van der Waals surface area (Å²) < 4.78 is 26.7. The summed E-state index contributed by atoms with van der Waals surface area (Å²) in [6.07, 6.45) is 2.96. The molecule has 0 aliphatic carbocycles. The Morgan fingerprint density at radius 2 is 2.05 bits per heavy atom. The average Bonchev–Trinajstić information content (AvgIpc) is 2.70. The predicted octanol–water partition coefficient (Wildman–Crippen LogP) is 1.28. The minimum Gasteiger partial charge on any atom is -0.326 e. The van der Waals surface area contributed by atoms with Crippen molar-refractivity contribution in [3.05, 3.63) is 11.3 Å². The minimum atomic E-state index is -3.56. The van der Waals surface area contributed by atoms with Crippen molar-refractivity contribution < 1.29 is 8.42 Å². The summed E-state index contributed by atoms with van der Waals surface area (Å²) in [4.78, 5) is 0. The van der Waals surface area contributed by atoms with Gasteiger partial charge in [-0.15, -0.1) is 0 Å². The fourth-order valence-corrected chi connectivity index (χ4v) is 3.12. The molecule has 0 atom stereocenters. The molecule has 1 aromatic heterocycles. The van der Waals surface area contributed by atoms with Crippen molar-refractivity contribution in [3.8, 4) is 0 Å². The molecule has 1 heterocycles. The lowest BCUT2D eigenvalue weighted by Gasteiger charge is -2.07. The van der Waals surface area contributed by atoms with Gasteiger partial charge in [0.2, 0.25) is 0 Å². The van der Waals surface area contributed by atoms with Crippen LogP contribution < -0.4 is 10.5 Å². The third kappa shape index (κ3) is 4.59. The molecule has 0 unspecified atom stereocenters. The van der Waals surface area contributed by atoms with Crippen LogP contribution >= 0.6 is 0 Å². The molecule has 19 heavy (non-hydrogen) atoms. The monoisotopic (exact) mass is 288 g/mol. The van der Waals surface area contributed by atoms with Crippen LogP contribution in [0.25, 0.3) is 0 Å². The number of nitrogens with two attached hydrogens (primary N) is 1. The van der Waals surface area contributed by atoms with Gasteiger partial charge in [0.05, 0.1) is 0 Å². The number of aryl methyl sites for hydroxylation is 1. The number of hydrogen-bond acceptors (Lipinski definition) is 4. The highest BCUT2D eigenvalue weighted by Crippen LogP contribution is 2.15. The van der Waals surface area contributed by atoms with Crippen LogP contribution in [0.1, 0.15) is 44.4 Å². The van der Waals surface area contributed by atoms with Gasteiger partial charge in [0.1, 0.15) is 0 Å². The summed E-state index contributed by atoms with van der Waals surface area (Å²) in [6.45, 7) is 6.67. The van der Waals surface area contributed by atoms with E-state index in [1.807, 2.05) is 0 Å². The Bertz CT molecular complexity index is 494. The highest BCUT2D eigenvalue weighted by molar-refractivity contribution is 7.89. The Balaban J connectivity index is 2.56. The van der Waals surface area contributed by atoms with Gasteiger partial charge in [-0.1, -0.05) is 26.7 Å². The quantitative estimate of drug-likeness (QED) is 0.627. The Labute approximate surface area is 115 Å². The Morgan fingerprint density at radius 1 is 1.37 bits per heavy atom. The van der Waals surface area contributed by atoms with Crippen LogP contribution in [0.5, 0.6) is 0 Å². The van der Waals surface area contributed by atoms with E-state index in [0.717, 1.165) is 19.3 Å². The molecule has 1 aromatic rings. The number of aromatic nitrogens is 2. The molecule has 110 valence electrons. The summed E-state index contributed by atoms with van der Waals surface area (Å²) in [5, 5.41) is 6.52. The molecule has 0 amide bonds. The van der Waals surface area contributed by atoms with Crippen LogP contribution in [0, 0.1) is 12.8 Å². The minimum absolute atomic E-state index is 0.0244. The van der Waals surface area contributed by atoms with Gasteiger partial charge in [0, 0.05) is 24.3 Å². The number of nitrogens with zero attached hydrogens (tertiary/aromatic N) is 1. The molecule has 0 aliphatic heterocycles. The summed E-state index contributed by atoms with van der Waals surface area (Å²) in [5.41, 5.74) is 6.80. The van der Waals surface area contributed by atoms with E-state index >= 15 is 0 Å². The first kappa shape index (κ1) is 16.1. The van der Waals surface area contributed by atoms with E-state index in [4.69, 9.17) is 5.73 Å². The lowest BCUT2D eigenvalue weighted by atomic mass is 10.1. The molecule has 0 fully saturated rings. The van der Waals surface area contributed by atoms with Crippen molar-refractivity contribution in [1.82, 2.24) is 14.9 Å². The summed E-state index contributed by atoms with van der Waals surface area (Å²) in [7, 11) is -3.56. The van der Waals surface area contributed by atoms with E-state index < -0.39 is 10.0 Å². The zero-order chi connectivity index (χ0) is 14.5. The van der Waals surface area contributed by atoms with Gasteiger partial charge >= 0.3 is 0 Å². The summed E-state index contributed by atoms with van der Waals surface area (Å²) >= 11 is 0. The van der Waals surface area contributed by atoms with Gasteiger partial charge in [-0.05, 0) is 19.3 Å². The molecule has 0 radical (unpaired) electrons. The van der Waals surface area contributed by atoms with Crippen LogP contribution in [-0.4, -0.2) is 25.2 Å². The largest absolute Gasteiger partial charge is 0.326 e. The molecule has 7 heteroatoms. The number of H-pyrrole nitrogens is 1. The highest BCUT2D eigenvalue weighted by Gasteiger charge is 2.22. The molecule has 0 saturated heterocycles. The maximum atomic E-state index is 12.1. The van der Waals surface area contributed by atoms with E-state index in [2.05, 4.69) is 28.8 Å². The number of nitrogens with one attached hydrogen (secondary N) is 2. The van der Waals surface area contributed by atoms with Crippen molar-refractivity contribution in [3.63, 3.8) is 0 Å². The van der Waals surface area contributed by atoms with Gasteiger partial charge in [-0.25, -0.2) is 13.1 Å². The number of rotatable bonds is 8. The van der Waals surface area contributed by atoms with E-state index in [9.17, 15) is 8.42 Å². The summed E-state index contributed by atoms with van der Waals surface area (Å²) in [5.74, 6) is 0.648. The standard InChI is InChI=1S/C12H24N4O2S/c1-9(2)6-4-5-7-14-19(17,18)12-11(8-13)10(3)15-16-12/h9,14H,4-8,13H2,1-3H3,(H,15,16). The van der Waals surface area contributed by atoms with Gasteiger partial charge in [0.25, 0.3) is 10.0 Å². The first-order valence-corrected chi connectivity index (χ1v) is 8.10. The number of aromatic amines is 1. The van der Waals surface area contributed by atoms with Crippen LogP contribution in [0.3, 0.4) is 0 Å². The molecule has 4 N–H and O–H groups in total. The average molecular weight is 288 g/mol. The Hall–Kier alpha value is -0.920. The molecular weight excluding hydrogens is 264 g/mol. The second kappa shape index (κ2) is 7.02. The summed E-state index contributed by atoms with van der Waals surface area (Å²) in [6, 6.07) is 0. The second-order valence-electron chi connectivity index (χ2n) is 5.12. The van der Waals surface area contributed by atoms with Crippen LogP contribution in [0.15, 0.2) is 5.03 Å². The lowest BCUT2D eigenvalue weighted by molar-refractivity contribution is 0.529. The lowest BCUT2D eigenvalue weighted by Crippen LogP contribution is -2.26. The topological polar surface area (TPSA) is 101 Å². The zero-order valence-electron chi connectivity index (χ0n) is 11.9. The Kier molecular flexibility index (Phi) is 5.96. The van der Waals surface area contributed by atoms with Crippen molar-refractivity contribution in [2.24, 2.45) is 11.7 Å². The van der Waals surface area contributed by atoms with Gasteiger partial charge in [-0.3, -0.25) is 5.10 Å². The maximum Gasteiger partial charge on any atom is 0.260 e. The van der Waals surface area contributed by atoms with E-state index in [1.165, 1.54) is 0 Å². The molecule has 0 saturated carbocycles. The third-order valence-electron chi connectivity index (χ3n) is 2.99. The van der Waals surface area contributed by atoms with Gasteiger partial charge < -0.3 is 5.73 Å². The molecule has 0 aliphatic rings. The molecule has 1 rings (SSSR count). The predicted molar refractivity (Wildman–Crippen MR) is 75.1 cm³/mol. The molecule has 0 spiro atoms. The zero-order valence-corrected chi connectivity index (χ0v) is 12.7. The molecule has 6 nitrogen and oxygen atoms in total. The van der Waals surface area contributed by atoms with E-state index in [-0.39, 0.29) is 11.6 Å². The first-order valence-electron chi connectivity index (χ1n) is 6.62. The highest BCUT2D eigenvalue weighted by atomic mass is 32.2. The fraction of sp³-hybridized carbons (Fsp3) is 0.750. The van der Waals surface area contributed by atoms with Crippen LogP contribution in [-0.2, 0) is 16.6 Å². The fourth-order valence-electron chi connectivity index (χ4n) is 1.85. The third-order valence-corrected chi connectivity index (χ3v) is 4.43. The number of unbranched alkanes of at least 4 members (excludes halogenated alkanes) is 1. The normalized spacial score (nSPS) is 12.3. The van der Waals surface area contributed by atoms with Crippen molar-refractivity contribution >= 4 is 10.0 Å². The molecule has 0 bridgehead atoms. The maximum absolute atomic E-state index is 12.1. The van der Waals surface area contributed by atoms with Crippen LogP contribution in [0.4, 0.5) is 0 Å². The molecular formula is C12H24N4O2S. The van der Waals surface area contributed by atoms with Crippen molar-refractivity contribution in [2.75, 3.05) is 6.54 Å². The van der Waals surface area contributed by atoms with Crippen LogP contribution in [0.2, 0.25) is 0 Å². The Morgan fingerprint density at radius 3 is 2.63 bits per heavy atom. The van der Waals surface area contributed by atoms with E-state index in [0.29, 0.717) is 23.7 Å². The van der Waals surface area contributed by atoms with Gasteiger partial charge in [0.15, 0.2) is 5.03 Å². The number of hydrogen-bond donors (Lipinski definition) is 3. The molecule has 0 aromatic carbocycles.